The zero-order chi connectivity index (χ0) is 13.2. The minimum absolute atomic E-state index is 0.134. The Morgan fingerprint density at radius 3 is 2.78 bits per heavy atom. The van der Waals surface area contributed by atoms with Crippen LogP contribution in [-0.4, -0.2) is 27.5 Å². The minimum Gasteiger partial charge on any atom is -0.366 e. The predicted octanol–water partition coefficient (Wildman–Crippen LogP) is 3.46. The maximum Gasteiger partial charge on any atom is 0.433 e. The van der Waals surface area contributed by atoms with E-state index >= 15 is 0 Å². The van der Waals surface area contributed by atoms with E-state index in [2.05, 4.69) is 15.3 Å². The van der Waals surface area contributed by atoms with E-state index in [1.54, 1.807) is 11.8 Å². The summed E-state index contributed by atoms with van der Waals surface area (Å²) in [5, 5.41) is 2.58. The highest BCUT2D eigenvalue weighted by Crippen LogP contribution is 2.30. The van der Waals surface area contributed by atoms with Crippen LogP contribution < -0.4 is 5.32 Å². The maximum atomic E-state index is 12.5. The quantitative estimate of drug-likeness (QED) is 0.849. The molecule has 0 spiro atoms. The fourth-order valence-electron chi connectivity index (χ4n) is 1.70. The summed E-state index contributed by atoms with van der Waals surface area (Å²) < 4.78 is 37.6. The van der Waals surface area contributed by atoms with Gasteiger partial charge in [-0.25, -0.2) is 9.97 Å². The molecule has 0 bridgehead atoms. The van der Waals surface area contributed by atoms with Crippen molar-refractivity contribution in [1.29, 1.82) is 0 Å². The van der Waals surface area contributed by atoms with Crippen LogP contribution in [-0.2, 0) is 6.18 Å². The molecule has 1 aliphatic heterocycles. The predicted molar refractivity (Wildman–Crippen MR) is 66.0 cm³/mol. The largest absolute Gasteiger partial charge is 0.433 e. The summed E-state index contributed by atoms with van der Waals surface area (Å²) in [6.07, 6.45) is -2.53. The number of nitrogens with zero attached hydrogens (tertiary/aromatic N) is 2. The SMILES string of the molecule is FC(F)(F)c1cc(NC2CCCSC2)nc(Cl)n1. The van der Waals surface area contributed by atoms with Crippen LogP contribution in [0.5, 0.6) is 0 Å². The fourth-order valence-corrected chi connectivity index (χ4v) is 2.95. The van der Waals surface area contributed by atoms with Crippen LogP contribution in [0.1, 0.15) is 18.5 Å². The van der Waals surface area contributed by atoms with Crippen molar-refractivity contribution in [2.45, 2.75) is 25.1 Å². The third kappa shape index (κ3) is 3.65. The standard InChI is InChI=1S/C10H11ClF3N3S/c11-9-16-7(10(12,13)14)4-8(17-9)15-6-2-1-3-18-5-6/h4,6H,1-3,5H2,(H,15,16,17). The molecule has 1 atom stereocenters. The van der Waals surface area contributed by atoms with Crippen LogP contribution in [0, 0.1) is 0 Å². The smallest absolute Gasteiger partial charge is 0.366 e. The summed E-state index contributed by atoms with van der Waals surface area (Å²) in [4.78, 5) is 6.96. The highest BCUT2D eigenvalue weighted by molar-refractivity contribution is 7.99. The maximum absolute atomic E-state index is 12.5. The zero-order valence-corrected chi connectivity index (χ0v) is 10.9. The molecule has 1 N–H and O–H groups in total. The monoisotopic (exact) mass is 297 g/mol. The van der Waals surface area contributed by atoms with E-state index in [9.17, 15) is 13.2 Å². The summed E-state index contributed by atoms with van der Waals surface area (Å²) in [7, 11) is 0. The second kappa shape index (κ2) is 5.52. The average Bonchev–Trinajstić information content (AvgIpc) is 2.28. The molecule has 8 heteroatoms. The molecule has 0 aliphatic carbocycles. The Morgan fingerprint density at radius 1 is 1.39 bits per heavy atom. The molecule has 1 unspecified atom stereocenters. The lowest BCUT2D eigenvalue weighted by atomic mass is 10.2. The van der Waals surface area contributed by atoms with E-state index in [0.29, 0.717) is 0 Å². The van der Waals surface area contributed by atoms with Crippen LogP contribution in [0.25, 0.3) is 0 Å². The van der Waals surface area contributed by atoms with Crippen LogP contribution in [0.2, 0.25) is 5.28 Å². The molecule has 0 radical (unpaired) electrons. The molecule has 0 saturated carbocycles. The number of thioether (sulfide) groups is 1. The summed E-state index contributed by atoms with van der Waals surface area (Å²) in [6.45, 7) is 0. The van der Waals surface area contributed by atoms with Gasteiger partial charge in [0.05, 0.1) is 0 Å². The second-order valence-corrected chi connectivity index (χ2v) is 5.45. The van der Waals surface area contributed by atoms with Crippen molar-refractivity contribution in [3.05, 3.63) is 17.0 Å². The van der Waals surface area contributed by atoms with Gasteiger partial charge in [-0.3, -0.25) is 0 Å². The normalized spacial score (nSPS) is 20.8. The molecule has 1 aromatic heterocycles. The van der Waals surface area contributed by atoms with Gasteiger partial charge in [-0.05, 0) is 30.2 Å². The minimum atomic E-state index is -4.51. The molecule has 0 aromatic carbocycles. The third-order valence-electron chi connectivity index (χ3n) is 2.50. The first-order valence-electron chi connectivity index (χ1n) is 5.41. The van der Waals surface area contributed by atoms with Gasteiger partial charge in [0, 0.05) is 17.9 Å². The number of rotatable bonds is 2. The van der Waals surface area contributed by atoms with Crippen LogP contribution >= 0.6 is 23.4 Å². The van der Waals surface area contributed by atoms with Crippen molar-refractivity contribution in [3.63, 3.8) is 0 Å². The van der Waals surface area contributed by atoms with E-state index in [1.807, 2.05) is 0 Å². The first kappa shape index (κ1) is 13.7. The lowest BCUT2D eigenvalue weighted by Crippen LogP contribution is -2.26. The highest BCUT2D eigenvalue weighted by Gasteiger charge is 2.33. The molecule has 2 rings (SSSR count). The van der Waals surface area contributed by atoms with Crippen LogP contribution in [0.15, 0.2) is 6.07 Å². The molecule has 3 nitrogen and oxygen atoms in total. The van der Waals surface area contributed by atoms with Crippen molar-refractivity contribution in [2.24, 2.45) is 0 Å². The average molecular weight is 298 g/mol. The number of aromatic nitrogens is 2. The number of alkyl halides is 3. The van der Waals surface area contributed by atoms with E-state index in [0.717, 1.165) is 30.4 Å². The van der Waals surface area contributed by atoms with Gasteiger partial charge >= 0.3 is 6.18 Å². The molecule has 1 aliphatic rings. The molecule has 18 heavy (non-hydrogen) atoms. The van der Waals surface area contributed by atoms with Crippen molar-refractivity contribution in [2.75, 3.05) is 16.8 Å². The second-order valence-electron chi connectivity index (χ2n) is 3.96. The Labute approximate surface area is 112 Å². The van der Waals surface area contributed by atoms with E-state index in [1.165, 1.54) is 0 Å². The molecular formula is C10H11ClF3N3S. The van der Waals surface area contributed by atoms with Gasteiger partial charge in [-0.1, -0.05) is 0 Å². The molecule has 0 amide bonds. The van der Waals surface area contributed by atoms with Crippen molar-refractivity contribution >= 4 is 29.2 Å². The van der Waals surface area contributed by atoms with Gasteiger partial charge in [-0.15, -0.1) is 0 Å². The Kier molecular flexibility index (Phi) is 4.21. The number of anilines is 1. The van der Waals surface area contributed by atoms with Gasteiger partial charge in [0.25, 0.3) is 0 Å². The van der Waals surface area contributed by atoms with Crippen LogP contribution in [0.3, 0.4) is 0 Å². The zero-order valence-electron chi connectivity index (χ0n) is 9.30. The summed E-state index contributed by atoms with van der Waals surface area (Å²) >= 11 is 7.28. The van der Waals surface area contributed by atoms with Crippen molar-refractivity contribution in [3.8, 4) is 0 Å². The molecule has 2 heterocycles. The van der Waals surface area contributed by atoms with E-state index in [-0.39, 0.29) is 11.9 Å². The topological polar surface area (TPSA) is 37.8 Å². The first-order valence-corrected chi connectivity index (χ1v) is 6.94. The number of hydrogen-bond acceptors (Lipinski definition) is 4. The lowest BCUT2D eigenvalue weighted by Gasteiger charge is -2.23. The van der Waals surface area contributed by atoms with Crippen LogP contribution in [0.4, 0.5) is 19.0 Å². The first-order chi connectivity index (χ1) is 8.45. The summed E-state index contributed by atoms with van der Waals surface area (Å²) in [5.41, 5.74) is -1.02. The summed E-state index contributed by atoms with van der Waals surface area (Å²) in [6, 6.07) is 1.03. The lowest BCUT2D eigenvalue weighted by molar-refractivity contribution is -0.141. The molecule has 1 aromatic rings. The number of nitrogens with one attached hydrogen (secondary N) is 1. The Bertz CT molecular complexity index is 421. The van der Waals surface area contributed by atoms with Gasteiger partial charge in [-0.2, -0.15) is 24.9 Å². The number of halogens is 4. The van der Waals surface area contributed by atoms with E-state index in [4.69, 9.17) is 11.6 Å². The van der Waals surface area contributed by atoms with Crippen molar-refractivity contribution in [1.82, 2.24) is 9.97 Å². The van der Waals surface area contributed by atoms with Gasteiger partial charge in [0.2, 0.25) is 5.28 Å². The van der Waals surface area contributed by atoms with E-state index < -0.39 is 17.2 Å². The molecule has 1 saturated heterocycles. The fraction of sp³-hybridized carbons (Fsp3) is 0.600. The number of hydrogen-bond donors (Lipinski definition) is 1. The van der Waals surface area contributed by atoms with Gasteiger partial charge in [0.1, 0.15) is 5.82 Å². The van der Waals surface area contributed by atoms with Gasteiger partial charge in [0.15, 0.2) is 5.69 Å². The Balaban J connectivity index is 2.14. The Hall–Kier alpha value is -0.690. The molecule has 100 valence electrons. The Morgan fingerprint density at radius 2 is 2.17 bits per heavy atom. The molecular weight excluding hydrogens is 287 g/mol. The highest BCUT2D eigenvalue weighted by atomic mass is 35.5. The van der Waals surface area contributed by atoms with Gasteiger partial charge < -0.3 is 5.32 Å². The third-order valence-corrected chi connectivity index (χ3v) is 3.89. The van der Waals surface area contributed by atoms with Crippen molar-refractivity contribution < 1.29 is 13.2 Å². The summed E-state index contributed by atoms with van der Waals surface area (Å²) in [5.74, 6) is 2.09. The molecule has 1 fully saturated rings.